The maximum Gasteiger partial charge on any atom is 0.410 e. The molecule has 0 aliphatic carbocycles. The van der Waals surface area contributed by atoms with Gasteiger partial charge in [-0.1, -0.05) is 66.4 Å². The third-order valence-electron chi connectivity index (χ3n) is 7.11. The normalized spacial score (nSPS) is 21.5. The zero-order valence-corrected chi connectivity index (χ0v) is 27.6. The van der Waals surface area contributed by atoms with Gasteiger partial charge < -0.3 is 28.8 Å². The predicted octanol–water partition coefficient (Wildman–Crippen LogP) is 5.11. The molecule has 250 valence electrons. The summed E-state index contributed by atoms with van der Waals surface area (Å²) in [6.07, 6.45) is -6.21. The molecule has 1 fully saturated rings. The number of nitrogens with zero attached hydrogens (tertiary/aromatic N) is 1. The summed E-state index contributed by atoms with van der Waals surface area (Å²) in [5.74, 6) is -2.25. The molecule has 1 amide bonds. The Morgan fingerprint density at radius 3 is 1.83 bits per heavy atom. The Bertz CT molecular complexity index is 1500. The second-order valence-corrected chi connectivity index (χ2v) is 13.0. The molecule has 1 aliphatic heterocycles. The largest absolute Gasteiger partial charge is 0.461 e. The lowest BCUT2D eigenvalue weighted by atomic mass is 9.99. The summed E-state index contributed by atoms with van der Waals surface area (Å²) in [5, 5.41) is 11.6. The first kappa shape index (κ1) is 35.5. The van der Waals surface area contributed by atoms with Crippen molar-refractivity contribution in [1.82, 2.24) is 4.90 Å². The smallest absolute Gasteiger partial charge is 0.410 e. The van der Waals surface area contributed by atoms with E-state index >= 15 is 0 Å². The van der Waals surface area contributed by atoms with E-state index in [0.717, 1.165) is 9.80 Å². The molecule has 0 spiro atoms. The van der Waals surface area contributed by atoms with Gasteiger partial charge in [0, 0.05) is 11.9 Å². The average Bonchev–Trinajstić information content (AvgIpc) is 3.06. The number of carbonyl (C=O) groups is 4. The van der Waals surface area contributed by atoms with Crippen LogP contribution < -0.4 is 0 Å². The van der Waals surface area contributed by atoms with Crippen molar-refractivity contribution in [3.63, 3.8) is 0 Å². The monoisotopic (exact) mass is 665 g/mol. The van der Waals surface area contributed by atoms with Crippen LogP contribution in [-0.4, -0.2) is 89.2 Å². The van der Waals surface area contributed by atoms with Crippen LogP contribution in [0.1, 0.15) is 48.4 Å². The van der Waals surface area contributed by atoms with Crippen molar-refractivity contribution >= 4 is 35.8 Å². The number of benzene rings is 3. The molecule has 12 heteroatoms. The van der Waals surface area contributed by atoms with Crippen LogP contribution in [0.2, 0.25) is 0 Å². The number of esters is 3. The first-order valence-electron chi connectivity index (χ1n) is 15.0. The number of ether oxygens (including phenoxy) is 5. The van der Waals surface area contributed by atoms with Gasteiger partial charge in [0.2, 0.25) is 0 Å². The average molecular weight is 666 g/mol. The van der Waals surface area contributed by atoms with Crippen LogP contribution in [0.3, 0.4) is 0 Å². The summed E-state index contributed by atoms with van der Waals surface area (Å²) in [6.45, 7) is 6.13. The summed E-state index contributed by atoms with van der Waals surface area (Å²) < 4.78 is 28.8. The van der Waals surface area contributed by atoms with Crippen molar-refractivity contribution in [3.05, 3.63) is 102 Å². The third kappa shape index (κ3) is 9.80. The van der Waals surface area contributed by atoms with Gasteiger partial charge >= 0.3 is 24.0 Å². The lowest BCUT2D eigenvalue weighted by Crippen LogP contribution is -2.60. The second-order valence-electron chi connectivity index (χ2n) is 11.8. The number of aliphatic hydroxyl groups excluding tert-OH is 1. The third-order valence-corrected chi connectivity index (χ3v) is 8.27. The van der Waals surface area contributed by atoms with E-state index in [1.165, 1.54) is 25.7 Å². The quantitative estimate of drug-likeness (QED) is 0.228. The highest BCUT2D eigenvalue weighted by Gasteiger charge is 2.51. The Morgan fingerprint density at radius 1 is 0.830 bits per heavy atom. The lowest BCUT2D eigenvalue weighted by Gasteiger charge is -2.43. The molecule has 3 aromatic rings. The van der Waals surface area contributed by atoms with E-state index in [4.69, 9.17) is 23.7 Å². The molecule has 11 nitrogen and oxygen atoms in total. The summed E-state index contributed by atoms with van der Waals surface area (Å²) in [4.78, 5) is 53.9. The van der Waals surface area contributed by atoms with Crippen LogP contribution in [0, 0.1) is 0 Å². The van der Waals surface area contributed by atoms with Gasteiger partial charge in [0.05, 0.1) is 11.1 Å². The molecule has 6 atom stereocenters. The molecular weight excluding hydrogens is 626 g/mol. The SMILES string of the molecule is CC(C(=O)OC[C@H]1O[C@@H](Sc2ccccc2)[C@H](OC(=O)c2ccccc2)[C@@H](OC(=O)c2ccccc2)[C@H]1O)N(C)C(=O)OC(C)(C)C. The number of likely N-dealkylation sites (N-methyl/N-ethyl adjacent to an activating group) is 1. The fraction of sp³-hybridized carbons (Fsp3) is 0.371. The van der Waals surface area contributed by atoms with E-state index in [2.05, 4.69) is 0 Å². The molecule has 3 aromatic carbocycles. The molecule has 0 aromatic heterocycles. The van der Waals surface area contributed by atoms with Gasteiger partial charge in [-0.3, -0.25) is 4.90 Å². The number of carbonyl (C=O) groups excluding carboxylic acids is 4. The Labute approximate surface area is 278 Å². The van der Waals surface area contributed by atoms with Crippen LogP contribution in [0.5, 0.6) is 0 Å². The highest BCUT2D eigenvalue weighted by atomic mass is 32.2. The highest BCUT2D eigenvalue weighted by Crippen LogP contribution is 2.37. The van der Waals surface area contributed by atoms with E-state index in [-0.39, 0.29) is 11.1 Å². The Kier molecular flexibility index (Phi) is 12.0. The van der Waals surface area contributed by atoms with E-state index in [1.54, 1.807) is 81.4 Å². The Hall–Kier alpha value is -4.39. The van der Waals surface area contributed by atoms with Crippen molar-refractivity contribution < 1.29 is 48.0 Å². The molecule has 1 heterocycles. The van der Waals surface area contributed by atoms with Crippen molar-refractivity contribution in [1.29, 1.82) is 0 Å². The molecule has 1 N–H and O–H groups in total. The summed E-state index contributed by atoms with van der Waals surface area (Å²) in [7, 11) is 1.41. The van der Waals surface area contributed by atoms with Gasteiger partial charge in [-0.2, -0.15) is 0 Å². The van der Waals surface area contributed by atoms with E-state index in [9.17, 15) is 24.3 Å². The number of thioether (sulfide) groups is 1. The number of hydrogen-bond acceptors (Lipinski definition) is 11. The summed E-state index contributed by atoms with van der Waals surface area (Å²) in [5.41, 5.74) is -1.31. The minimum atomic E-state index is -1.59. The molecule has 1 aliphatic rings. The minimum Gasteiger partial charge on any atom is -0.461 e. The van der Waals surface area contributed by atoms with Crippen LogP contribution in [0.15, 0.2) is 95.9 Å². The standard InChI is InChI=1S/C35H39NO10S/c1-22(36(5)34(41)46-35(2,3)4)30(38)42-21-26-27(37)28(44-31(39)23-15-9-6-10-16-23)29(45-32(40)24-17-11-7-12-18-24)33(43-26)47-25-19-13-8-14-20-25/h6-20,22,26-29,33,37H,21H2,1-5H3/t22?,26-,27+,28+,29-,33+/m1/s1. The lowest BCUT2D eigenvalue weighted by molar-refractivity contribution is -0.211. The van der Waals surface area contributed by atoms with Gasteiger partial charge in [0.25, 0.3) is 0 Å². The van der Waals surface area contributed by atoms with Crippen molar-refractivity contribution in [2.45, 2.75) is 74.1 Å². The topological polar surface area (TPSA) is 138 Å². The maximum atomic E-state index is 13.3. The number of amides is 1. The first-order chi connectivity index (χ1) is 22.3. The van der Waals surface area contributed by atoms with Crippen LogP contribution in [0.25, 0.3) is 0 Å². The Balaban J connectivity index is 1.60. The zero-order valence-electron chi connectivity index (χ0n) is 26.8. The van der Waals surface area contributed by atoms with E-state index in [1.807, 2.05) is 30.3 Å². The molecule has 0 bridgehead atoms. The van der Waals surface area contributed by atoms with Crippen molar-refractivity contribution in [2.75, 3.05) is 13.7 Å². The summed E-state index contributed by atoms with van der Waals surface area (Å²) >= 11 is 1.19. The minimum absolute atomic E-state index is 0.216. The fourth-order valence-electron chi connectivity index (χ4n) is 4.48. The molecular formula is C35H39NO10S. The van der Waals surface area contributed by atoms with Gasteiger partial charge in [-0.15, -0.1) is 0 Å². The first-order valence-corrected chi connectivity index (χ1v) is 15.9. The second kappa shape index (κ2) is 15.9. The molecule has 4 rings (SSSR count). The van der Waals surface area contributed by atoms with Crippen molar-refractivity contribution in [3.8, 4) is 0 Å². The van der Waals surface area contributed by atoms with E-state index < -0.39 is 72.1 Å². The molecule has 0 radical (unpaired) electrons. The number of rotatable bonds is 10. The number of hydrogen-bond donors (Lipinski definition) is 1. The predicted molar refractivity (Wildman–Crippen MR) is 173 cm³/mol. The highest BCUT2D eigenvalue weighted by molar-refractivity contribution is 7.99. The van der Waals surface area contributed by atoms with Crippen LogP contribution in [0.4, 0.5) is 4.79 Å². The molecule has 1 saturated heterocycles. The molecule has 47 heavy (non-hydrogen) atoms. The molecule has 0 saturated carbocycles. The zero-order chi connectivity index (χ0) is 34.1. The van der Waals surface area contributed by atoms with Gasteiger partial charge in [-0.05, 0) is 64.1 Å². The van der Waals surface area contributed by atoms with Gasteiger partial charge in [0.1, 0.15) is 35.9 Å². The number of aliphatic hydroxyl groups is 1. The molecule has 1 unspecified atom stereocenters. The van der Waals surface area contributed by atoms with Crippen molar-refractivity contribution in [2.24, 2.45) is 0 Å². The maximum absolute atomic E-state index is 13.3. The summed E-state index contributed by atoms with van der Waals surface area (Å²) in [6, 6.07) is 24.5. The van der Waals surface area contributed by atoms with Crippen LogP contribution in [-0.2, 0) is 28.5 Å². The van der Waals surface area contributed by atoms with Gasteiger partial charge in [-0.25, -0.2) is 19.2 Å². The van der Waals surface area contributed by atoms with E-state index in [0.29, 0.717) is 0 Å². The fourth-order valence-corrected chi connectivity index (χ4v) is 5.61. The van der Waals surface area contributed by atoms with Crippen LogP contribution >= 0.6 is 11.8 Å². The Morgan fingerprint density at radius 2 is 1.32 bits per heavy atom. The van der Waals surface area contributed by atoms with Gasteiger partial charge in [0.15, 0.2) is 12.2 Å².